The molecule has 1 aliphatic rings. The minimum absolute atomic E-state index is 0.0763. The van der Waals surface area contributed by atoms with Gasteiger partial charge in [-0.05, 0) is 93.7 Å². The fourth-order valence-electron chi connectivity index (χ4n) is 8.87. The lowest BCUT2D eigenvalue weighted by molar-refractivity contribution is 0.660. The van der Waals surface area contributed by atoms with Crippen LogP contribution in [-0.2, 0) is 5.41 Å². The average molecular weight is 667 g/mol. The quantitative estimate of drug-likeness (QED) is 0.186. The molecule has 0 atom stereocenters. The summed E-state index contributed by atoms with van der Waals surface area (Å²) in [4.78, 5) is 2.39. The first-order chi connectivity index (χ1) is 25.5. The van der Waals surface area contributed by atoms with Gasteiger partial charge in [0.1, 0.15) is 5.58 Å². The summed E-state index contributed by atoms with van der Waals surface area (Å²) in [5.74, 6) is 0. The van der Waals surface area contributed by atoms with Crippen molar-refractivity contribution >= 4 is 71.6 Å². The van der Waals surface area contributed by atoms with Gasteiger partial charge in [0.2, 0.25) is 0 Å². The predicted octanol–water partition coefficient (Wildman–Crippen LogP) is 13.6. The van der Waals surface area contributed by atoms with Crippen LogP contribution < -0.4 is 4.90 Å². The van der Waals surface area contributed by atoms with Crippen molar-refractivity contribution in [2.45, 2.75) is 19.3 Å². The molecule has 0 fully saturated rings. The van der Waals surface area contributed by atoms with Gasteiger partial charge in [-0.2, -0.15) is 0 Å². The highest BCUT2D eigenvalue weighted by atomic mass is 16.3. The number of hydrogen-bond donors (Lipinski definition) is 0. The second kappa shape index (κ2) is 10.7. The monoisotopic (exact) mass is 666 g/mol. The molecule has 1 aliphatic carbocycles. The maximum atomic E-state index is 6.72. The van der Waals surface area contributed by atoms with Crippen molar-refractivity contribution in [3.63, 3.8) is 0 Å². The van der Waals surface area contributed by atoms with Gasteiger partial charge in [-0.15, -0.1) is 0 Å². The van der Waals surface area contributed by atoms with Crippen LogP contribution in [0.15, 0.2) is 174 Å². The van der Waals surface area contributed by atoms with E-state index in [4.69, 9.17) is 4.42 Å². The highest BCUT2D eigenvalue weighted by Gasteiger charge is 2.35. The van der Waals surface area contributed by atoms with Crippen molar-refractivity contribution in [1.29, 1.82) is 0 Å². The number of hydrogen-bond acceptors (Lipinski definition) is 2. The van der Waals surface area contributed by atoms with Crippen LogP contribution in [-0.4, -0.2) is 4.57 Å². The Labute approximate surface area is 301 Å². The Bertz CT molecular complexity index is 3050. The molecule has 0 amide bonds. The number of aromatic nitrogens is 1. The third kappa shape index (κ3) is 4.08. The molecule has 10 aromatic rings. The SMILES string of the molecule is CC1(C)c2ccccc2-c2cc(N(c3ccc4c5cc6ccccc6cc5n(-c5ccccc5)c4c3)c3cccc4c3oc3ccccc34)ccc21. The highest BCUT2D eigenvalue weighted by Crippen LogP contribution is 2.51. The van der Waals surface area contributed by atoms with E-state index < -0.39 is 0 Å². The molecular weight excluding hydrogens is 633 g/mol. The van der Waals surface area contributed by atoms with E-state index in [1.807, 2.05) is 6.07 Å². The Kier molecular flexibility index (Phi) is 6.01. The predicted molar refractivity (Wildman–Crippen MR) is 218 cm³/mol. The van der Waals surface area contributed by atoms with Crippen molar-refractivity contribution in [1.82, 2.24) is 4.57 Å². The molecule has 0 radical (unpaired) electrons. The van der Waals surface area contributed by atoms with Crippen LogP contribution in [0.2, 0.25) is 0 Å². The standard InChI is InChI=1S/C49H34N2O/c1-49(2)42-20-10-8-17-36(42)40-29-34(24-26-43(40)49)50(44-21-12-19-39-38-18-9-11-22-47(38)52-48(39)44)35-23-25-37-41-27-31-13-6-7-14-32(31)28-45(41)51(46(37)30-35)33-15-4-3-5-16-33/h3-30H,1-2H3. The fourth-order valence-corrected chi connectivity index (χ4v) is 8.87. The summed E-state index contributed by atoms with van der Waals surface area (Å²) in [5, 5.41) is 7.17. The van der Waals surface area contributed by atoms with Crippen LogP contribution in [0.25, 0.3) is 71.3 Å². The van der Waals surface area contributed by atoms with Gasteiger partial charge >= 0.3 is 0 Å². The first-order valence-electron chi connectivity index (χ1n) is 18.0. The van der Waals surface area contributed by atoms with E-state index in [0.717, 1.165) is 50.2 Å². The van der Waals surface area contributed by atoms with Gasteiger partial charge < -0.3 is 13.9 Å². The molecule has 11 rings (SSSR count). The third-order valence-corrected chi connectivity index (χ3v) is 11.3. The van der Waals surface area contributed by atoms with Crippen LogP contribution in [0.4, 0.5) is 17.1 Å². The second-order valence-electron chi connectivity index (χ2n) is 14.6. The molecule has 0 unspecified atom stereocenters. The zero-order valence-electron chi connectivity index (χ0n) is 29.0. The molecule has 2 aromatic heterocycles. The normalized spacial score (nSPS) is 13.3. The maximum Gasteiger partial charge on any atom is 0.159 e. The van der Waals surface area contributed by atoms with Crippen LogP contribution in [0, 0.1) is 0 Å². The van der Waals surface area contributed by atoms with Crippen LogP contribution in [0.5, 0.6) is 0 Å². The lowest BCUT2D eigenvalue weighted by atomic mass is 9.82. The summed E-state index contributed by atoms with van der Waals surface area (Å²) in [6, 6.07) is 61.7. The Hall–Kier alpha value is -6.58. The average Bonchev–Trinajstić information content (AvgIpc) is 3.80. The van der Waals surface area contributed by atoms with E-state index >= 15 is 0 Å². The van der Waals surface area contributed by atoms with Crippen LogP contribution >= 0.6 is 0 Å². The van der Waals surface area contributed by atoms with Crippen molar-refractivity contribution in [3.8, 4) is 16.8 Å². The lowest BCUT2D eigenvalue weighted by Crippen LogP contribution is -2.15. The minimum atomic E-state index is -0.0763. The van der Waals surface area contributed by atoms with Gasteiger partial charge in [0.25, 0.3) is 0 Å². The number of rotatable bonds is 4. The summed E-state index contributed by atoms with van der Waals surface area (Å²) in [5.41, 5.74) is 13.6. The molecule has 52 heavy (non-hydrogen) atoms. The first-order valence-corrected chi connectivity index (χ1v) is 18.0. The summed E-state index contributed by atoms with van der Waals surface area (Å²) in [7, 11) is 0. The van der Waals surface area contributed by atoms with E-state index in [1.165, 1.54) is 49.3 Å². The molecule has 0 saturated carbocycles. The van der Waals surface area contributed by atoms with Crippen LogP contribution in [0.3, 0.4) is 0 Å². The fraction of sp³-hybridized carbons (Fsp3) is 0.0612. The van der Waals surface area contributed by atoms with Gasteiger partial charge in [-0.25, -0.2) is 0 Å². The molecule has 0 N–H and O–H groups in total. The topological polar surface area (TPSA) is 21.3 Å². The number of furan rings is 1. The Morgan fingerprint density at radius 2 is 1.15 bits per heavy atom. The van der Waals surface area contributed by atoms with Crippen molar-refractivity contribution < 1.29 is 4.42 Å². The molecule has 246 valence electrons. The molecule has 0 aliphatic heterocycles. The molecule has 3 heteroatoms. The molecule has 0 bridgehead atoms. The molecular formula is C49H34N2O. The zero-order chi connectivity index (χ0) is 34.6. The Balaban J connectivity index is 1.22. The summed E-state index contributed by atoms with van der Waals surface area (Å²) >= 11 is 0. The maximum absolute atomic E-state index is 6.72. The molecule has 0 saturated heterocycles. The van der Waals surface area contributed by atoms with Crippen molar-refractivity contribution in [2.24, 2.45) is 0 Å². The summed E-state index contributed by atoms with van der Waals surface area (Å²) < 4.78 is 9.13. The number of benzene rings is 8. The van der Waals surface area contributed by atoms with Gasteiger partial charge in [-0.1, -0.05) is 123 Å². The smallest absolute Gasteiger partial charge is 0.159 e. The van der Waals surface area contributed by atoms with E-state index in [-0.39, 0.29) is 5.41 Å². The third-order valence-electron chi connectivity index (χ3n) is 11.3. The van der Waals surface area contributed by atoms with Gasteiger partial charge in [0, 0.05) is 44.0 Å². The number of fused-ring (bicyclic) bond motifs is 10. The van der Waals surface area contributed by atoms with E-state index in [1.54, 1.807) is 0 Å². The first kappa shape index (κ1) is 29.2. The summed E-state index contributed by atoms with van der Waals surface area (Å²) in [6.07, 6.45) is 0. The van der Waals surface area contributed by atoms with Crippen molar-refractivity contribution in [3.05, 3.63) is 181 Å². The van der Waals surface area contributed by atoms with Gasteiger partial charge in [-0.3, -0.25) is 0 Å². The van der Waals surface area contributed by atoms with Gasteiger partial charge in [0.15, 0.2) is 5.58 Å². The van der Waals surface area contributed by atoms with Crippen LogP contribution in [0.1, 0.15) is 25.0 Å². The number of anilines is 3. The molecule has 8 aromatic carbocycles. The Morgan fingerprint density at radius 1 is 0.481 bits per heavy atom. The Morgan fingerprint density at radius 3 is 2.04 bits per heavy atom. The minimum Gasteiger partial charge on any atom is -0.454 e. The van der Waals surface area contributed by atoms with E-state index in [2.05, 4.69) is 187 Å². The highest BCUT2D eigenvalue weighted by molar-refractivity contribution is 6.15. The second-order valence-corrected chi connectivity index (χ2v) is 14.6. The number of nitrogens with zero attached hydrogens (tertiary/aromatic N) is 2. The van der Waals surface area contributed by atoms with E-state index in [9.17, 15) is 0 Å². The zero-order valence-corrected chi connectivity index (χ0v) is 29.0. The lowest BCUT2D eigenvalue weighted by Gasteiger charge is -2.27. The molecule has 3 nitrogen and oxygen atoms in total. The summed E-state index contributed by atoms with van der Waals surface area (Å²) in [6.45, 7) is 4.67. The number of para-hydroxylation sites is 3. The van der Waals surface area contributed by atoms with Gasteiger partial charge in [0.05, 0.1) is 16.7 Å². The van der Waals surface area contributed by atoms with Crippen molar-refractivity contribution in [2.75, 3.05) is 4.90 Å². The largest absolute Gasteiger partial charge is 0.454 e. The van der Waals surface area contributed by atoms with E-state index in [0.29, 0.717) is 0 Å². The molecule has 2 heterocycles. The molecule has 0 spiro atoms.